The molecule has 3 aliphatic heterocycles. The molecule has 1 amide bonds. The molecule has 2 unspecified atom stereocenters. The highest BCUT2D eigenvalue weighted by Crippen LogP contribution is 2.30. The van der Waals surface area contributed by atoms with E-state index in [1.807, 2.05) is 7.05 Å². The number of methoxy groups -OCH3 is 1. The van der Waals surface area contributed by atoms with Gasteiger partial charge in [-0.2, -0.15) is 4.79 Å². The Labute approximate surface area is 156 Å². The van der Waals surface area contributed by atoms with Crippen LogP contribution in [0.25, 0.3) is 0 Å². The number of cyclic esters (lactones) is 1. The first-order chi connectivity index (χ1) is 12.4. The maximum atomic E-state index is 12.7. The number of nitrogens with zero attached hydrogens (tertiary/aromatic N) is 4. The van der Waals surface area contributed by atoms with Gasteiger partial charge in [-0.25, -0.2) is 4.48 Å². The van der Waals surface area contributed by atoms with Crippen LogP contribution in [0.3, 0.4) is 0 Å². The zero-order valence-electron chi connectivity index (χ0n) is 16.4. The molecule has 148 valence electrons. The van der Waals surface area contributed by atoms with Gasteiger partial charge in [0.15, 0.2) is 0 Å². The zero-order valence-corrected chi connectivity index (χ0v) is 16.4. The highest BCUT2D eigenvalue weighted by Gasteiger charge is 2.53. The number of piperazine rings is 1. The van der Waals surface area contributed by atoms with Crippen molar-refractivity contribution in [2.75, 3.05) is 73.6 Å². The van der Waals surface area contributed by atoms with E-state index in [1.54, 1.807) is 0 Å². The molecule has 2 atom stereocenters. The molecular formula is C18H33N4O4+. The number of carbonyl (C=O) groups excluding carboxylic acids is 2. The van der Waals surface area contributed by atoms with Crippen LogP contribution in [0.5, 0.6) is 0 Å². The lowest BCUT2D eigenvalue weighted by Gasteiger charge is -2.39. The Hall–Kier alpha value is -1.22. The minimum atomic E-state index is -0.164. The molecule has 0 aromatic carbocycles. The summed E-state index contributed by atoms with van der Waals surface area (Å²) in [5, 5.41) is 0. The van der Waals surface area contributed by atoms with E-state index < -0.39 is 0 Å². The van der Waals surface area contributed by atoms with Crippen LogP contribution in [0.2, 0.25) is 0 Å². The SMILES string of the molecule is COC(=O)CCN1CCN(C2C[N+](C)(C3CCN(C)CC3)C(=O)O2)CC1. The van der Waals surface area contributed by atoms with Crippen LogP contribution in [0.15, 0.2) is 0 Å². The van der Waals surface area contributed by atoms with Crippen molar-refractivity contribution in [3.8, 4) is 0 Å². The van der Waals surface area contributed by atoms with Crippen molar-refractivity contribution in [1.29, 1.82) is 0 Å². The lowest BCUT2D eigenvalue weighted by molar-refractivity contribution is -0.852. The molecule has 0 aliphatic carbocycles. The molecular weight excluding hydrogens is 336 g/mol. The minimum Gasteiger partial charge on any atom is -0.469 e. The molecule has 0 radical (unpaired) electrons. The number of hydrogen-bond acceptors (Lipinski definition) is 7. The fraction of sp³-hybridized carbons (Fsp3) is 0.889. The van der Waals surface area contributed by atoms with Crippen molar-refractivity contribution >= 4 is 12.1 Å². The summed E-state index contributed by atoms with van der Waals surface area (Å²) in [4.78, 5) is 30.8. The predicted octanol–water partition coefficient (Wildman–Crippen LogP) is 0.184. The second-order valence-corrected chi connectivity index (χ2v) is 8.03. The summed E-state index contributed by atoms with van der Waals surface area (Å²) in [5.41, 5.74) is 0. The molecule has 3 aliphatic rings. The number of likely N-dealkylation sites (N-methyl/N-ethyl adjacent to an activating group) is 1. The third-order valence-electron chi connectivity index (χ3n) is 6.36. The van der Waals surface area contributed by atoms with Crippen molar-refractivity contribution in [1.82, 2.24) is 14.7 Å². The van der Waals surface area contributed by atoms with Gasteiger partial charge in [-0.15, -0.1) is 0 Å². The van der Waals surface area contributed by atoms with Crippen molar-refractivity contribution in [3.05, 3.63) is 0 Å². The number of rotatable bonds is 5. The van der Waals surface area contributed by atoms with Gasteiger partial charge in [0.1, 0.15) is 12.6 Å². The summed E-state index contributed by atoms with van der Waals surface area (Å²) in [7, 11) is 5.61. The lowest BCUT2D eigenvalue weighted by Crippen LogP contribution is -2.58. The van der Waals surface area contributed by atoms with E-state index in [1.165, 1.54) is 7.11 Å². The maximum absolute atomic E-state index is 12.7. The summed E-state index contributed by atoms with van der Waals surface area (Å²) in [6.07, 6.45) is 2.35. The molecule has 3 fully saturated rings. The fourth-order valence-electron chi connectivity index (χ4n) is 4.35. The van der Waals surface area contributed by atoms with Crippen LogP contribution in [0.1, 0.15) is 19.3 Å². The number of amides is 1. The molecule has 0 aromatic heterocycles. The molecule has 3 saturated heterocycles. The van der Waals surface area contributed by atoms with Crippen LogP contribution in [0.4, 0.5) is 4.79 Å². The van der Waals surface area contributed by atoms with Crippen LogP contribution < -0.4 is 0 Å². The largest absolute Gasteiger partial charge is 0.517 e. The van der Waals surface area contributed by atoms with Gasteiger partial charge in [-0.1, -0.05) is 0 Å². The summed E-state index contributed by atoms with van der Waals surface area (Å²) in [5.74, 6) is -0.164. The smallest absolute Gasteiger partial charge is 0.469 e. The Morgan fingerprint density at radius 1 is 1.19 bits per heavy atom. The fourth-order valence-corrected chi connectivity index (χ4v) is 4.35. The summed E-state index contributed by atoms with van der Waals surface area (Å²) in [6, 6.07) is 0.366. The van der Waals surface area contributed by atoms with Crippen LogP contribution >= 0.6 is 0 Å². The van der Waals surface area contributed by atoms with Gasteiger partial charge in [0.25, 0.3) is 0 Å². The second kappa shape index (κ2) is 8.21. The summed E-state index contributed by atoms with van der Waals surface area (Å²) < 4.78 is 10.9. The van der Waals surface area contributed by atoms with E-state index in [9.17, 15) is 9.59 Å². The number of likely N-dealkylation sites (tertiary alicyclic amines) is 1. The van der Waals surface area contributed by atoms with E-state index >= 15 is 0 Å². The number of piperidine rings is 1. The molecule has 0 bridgehead atoms. The normalized spacial score (nSPS) is 32.6. The van der Waals surface area contributed by atoms with Gasteiger partial charge in [0.2, 0.25) is 6.23 Å². The third kappa shape index (κ3) is 4.19. The Balaban J connectivity index is 1.49. The molecule has 3 rings (SSSR count). The molecule has 8 heteroatoms. The molecule has 3 heterocycles. The summed E-state index contributed by atoms with van der Waals surface area (Å²) >= 11 is 0. The van der Waals surface area contributed by atoms with Crippen molar-refractivity contribution in [2.24, 2.45) is 0 Å². The lowest BCUT2D eigenvalue weighted by atomic mass is 10.0. The number of hydrogen-bond donors (Lipinski definition) is 0. The van der Waals surface area contributed by atoms with Crippen molar-refractivity contribution in [2.45, 2.75) is 31.5 Å². The Morgan fingerprint density at radius 2 is 1.85 bits per heavy atom. The van der Waals surface area contributed by atoms with Crippen LogP contribution in [-0.2, 0) is 14.3 Å². The standard InChI is InChI=1S/C18H33N4O4/c1-19-7-4-15(5-8-19)22(2)14-16(26-18(22)24)21-12-10-20(11-13-21)9-6-17(23)25-3/h15-16H,4-14H2,1-3H3/q+1. The van der Waals surface area contributed by atoms with Gasteiger partial charge < -0.3 is 19.3 Å². The van der Waals surface area contributed by atoms with E-state index in [4.69, 9.17) is 9.47 Å². The second-order valence-electron chi connectivity index (χ2n) is 8.03. The monoisotopic (exact) mass is 369 g/mol. The first kappa shape index (κ1) is 19.5. The van der Waals surface area contributed by atoms with E-state index in [0.29, 0.717) is 16.9 Å². The molecule has 0 N–H and O–H groups in total. The summed E-state index contributed by atoms with van der Waals surface area (Å²) in [6.45, 7) is 7.10. The topological polar surface area (TPSA) is 62.3 Å². The predicted molar refractivity (Wildman–Crippen MR) is 96.5 cm³/mol. The quantitative estimate of drug-likeness (QED) is 0.506. The van der Waals surface area contributed by atoms with E-state index in [2.05, 4.69) is 21.7 Å². The number of quaternary nitrogens is 1. The maximum Gasteiger partial charge on any atom is 0.517 e. The average molecular weight is 369 g/mol. The molecule has 8 nitrogen and oxygen atoms in total. The number of esters is 1. The zero-order chi connectivity index (χ0) is 18.7. The van der Waals surface area contributed by atoms with Crippen molar-refractivity contribution < 1.29 is 23.5 Å². The molecule has 0 saturated carbocycles. The van der Waals surface area contributed by atoms with Crippen LogP contribution in [-0.4, -0.2) is 117 Å². The molecule has 26 heavy (non-hydrogen) atoms. The number of carbonyl (C=O) groups is 2. The van der Waals surface area contributed by atoms with E-state index in [0.717, 1.165) is 65.2 Å². The van der Waals surface area contributed by atoms with Gasteiger partial charge in [-0.05, 0) is 7.05 Å². The van der Waals surface area contributed by atoms with Crippen LogP contribution in [0, 0.1) is 0 Å². The average Bonchev–Trinajstić information content (AvgIpc) is 2.96. The van der Waals surface area contributed by atoms with Gasteiger partial charge >= 0.3 is 12.1 Å². The Kier molecular flexibility index (Phi) is 6.17. The first-order valence-electron chi connectivity index (χ1n) is 9.70. The highest BCUT2D eigenvalue weighted by atomic mass is 16.6. The van der Waals surface area contributed by atoms with Gasteiger partial charge in [0.05, 0.1) is 20.6 Å². The van der Waals surface area contributed by atoms with E-state index in [-0.39, 0.29) is 18.3 Å². The number of ether oxygens (including phenoxy) is 2. The molecule has 0 spiro atoms. The van der Waals surface area contributed by atoms with Gasteiger partial charge in [-0.3, -0.25) is 9.69 Å². The molecule has 0 aromatic rings. The minimum absolute atomic E-state index is 0.0716. The highest BCUT2D eigenvalue weighted by molar-refractivity contribution is 5.69. The van der Waals surface area contributed by atoms with Crippen molar-refractivity contribution in [3.63, 3.8) is 0 Å². The Bertz CT molecular complexity index is 515. The first-order valence-corrected chi connectivity index (χ1v) is 9.70. The van der Waals surface area contributed by atoms with Gasteiger partial charge in [0, 0.05) is 58.7 Å². The Morgan fingerprint density at radius 3 is 2.46 bits per heavy atom. The third-order valence-corrected chi connectivity index (χ3v) is 6.36.